The van der Waals surface area contributed by atoms with Crippen LogP contribution in [0.2, 0.25) is 0 Å². The van der Waals surface area contributed by atoms with Crippen LogP contribution in [0.1, 0.15) is 47.4 Å². The predicted octanol–water partition coefficient (Wildman–Crippen LogP) is 2.40. The molecular formula is C11H17NO2S. The Morgan fingerprint density at radius 1 is 1.47 bits per heavy atom. The maximum absolute atomic E-state index is 9.48. The largest absolute Gasteiger partial charge is 0.386 e. The van der Waals surface area contributed by atoms with Crippen LogP contribution in [0.3, 0.4) is 0 Å². The van der Waals surface area contributed by atoms with Crippen molar-refractivity contribution in [2.45, 2.75) is 38.7 Å². The van der Waals surface area contributed by atoms with Crippen molar-refractivity contribution >= 4 is 11.3 Å². The minimum Gasteiger partial charge on any atom is -0.386 e. The second-order valence-corrected chi connectivity index (χ2v) is 5.29. The van der Waals surface area contributed by atoms with E-state index in [-0.39, 0.29) is 0 Å². The Hall–Kier alpha value is -0.450. The molecule has 1 fully saturated rings. The average Bonchev–Trinajstić information content (AvgIpc) is 2.62. The summed E-state index contributed by atoms with van der Waals surface area (Å²) in [7, 11) is 0. The average molecular weight is 227 g/mol. The molecule has 0 spiro atoms. The highest BCUT2D eigenvalue weighted by Crippen LogP contribution is 2.33. The topological polar surface area (TPSA) is 42.4 Å². The van der Waals surface area contributed by atoms with Gasteiger partial charge in [0, 0.05) is 24.0 Å². The Kier molecular flexibility index (Phi) is 3.38. The highest BCUT2D eigenvalue weighted by atomic mass is 32.1. The van der Waals surface area contributed by atoms with E-state index >= 15 is 0 Å². The van der Waals surface area contributed by atoms with Gasteiger partial charge in [0.2, 0.25) is 0 Å². The fourth-order valence-electron chi connectivity index (χ4n) is 1.96. The van der Waals surface area contributed by atoms with Gasteiger partial charge in [-0.3, -0.25) is 0 Å². The maximum Gasteiger partial charge on any atom is 0.121 e. The molecular weight excluding hydrogens is 210 g/mol. The van der Waals surface area contributed by atoms with E-state index in [9.17, 15) is 5.11 Å². The van der Waals surface area contributed by atoms with E-state index in [4.69, 9.17) is 4.74 Å². The van der Waals surface area contributed by atoms with Gasteiger partial charge in [-0.25, -0.2) is 4.98 Å². The Morgan fingerprint density at radius 3 is 2.67 bits per heavy atom. The van der Waals surface area contributed by atoms with Crippen molar-refractivity contribution in [3.8, 4) is 0 Å². The monoisotopic (exact) mass is 227 g/mol. The van der Waals surface area contributed by atoms with Crippen molar-refractivity contribution in [1.82, 2.24) is 4.98 Å². The molecule has 15 heavy (non-hydrogen) atoms. The Labute approximate surface area is 94.1 Å². The quantitative estimate of drug-likeness (QED) is 0.843. The number of aliphatic hydroxyl groups is 1. The molecule has 2 heterocycles. The van der Waals surface area contributed by atoms with E-state index in [0.29, 0.717) is 5.92 Å². The van der Waals surface area contributed by atoms with Gasteiger partial charge in [0.25, 0.3) is 0 Å². The number of hydrogen-bond donors (Lipinski definition) is 1. The lowest BCUT2D eigenvalue weighted by atomic mass is 9.96. The van der Waals surface area contributed by atoms with Crippen LogP contribution in [0.5, 0.6) is 0 Å². The second-order valence-electron chi connectivity index (χ2n) is 4.06. The van der Waals surface area contributed by atoms with Gasteiger partial charge >= 0.3 is 0 Å². The van der Waals surface area contributed by atoms with Gasteiger partial charge in [0.1, 0.15) is 11.1 Å². The molecule has 0 amide bonds. The maximum atomic E-state index is 9.48. The summed E-state index contributed by atoms with van der Waals surface area (Å²) >= 11 is 1.61. The molecule has 0 bridgehead atoms. The number of aryl methyl sites for hydroxylation is 1. The van der Waals surface area contributed by atoms with E-state index in [1.807, 2.05) is 0 Å². The SMILES string of the molecule is Cc1sc(C(C)O)nc1C1CCOCC1. The van der Waals surface area contributed by atoms with E-state index in [1.54, 1.807) is 18.3 Å². The molecule has 1 atom stereocenters. The molecule has 0 saturated carbocycles. The van der Waals surface area contributed by atoms with Crippen LogP contribution < -0.4 is 0 Å². The van der Waals surface area contributed by atoms with E-state index in [1.165, 1.54) is 10.6 Å². The highest BCUT2D eigenvalue weighted by Gasteiger charge is 2.22. The van der Waals surface area contributed by atoms with Crippen LogP contribution in [0, 0.1) is 6.92 Å². The molecule has 1 N–H and O–H groups in total. The minimum absolute atomic E-state index is 0.442. The number of hydrogen-bond acceptors (Lipinski definition) is 4. The number of ether oxygens (including phenoxy) is 1. The van der Waals surface area contributed by atoms with Crippen molar-refractivity contribution in [2.75, 3.05) is 13.2 Å². The molecule has 1 aromatic heterocycles. The summed E-state index contributed by atoms with van der Waals surface area (Å²) in [5.74, 6) is 0.530. The third kappa shape index (κ3) is 2.38. The lowest BCUT2D eigenvalue weighted by molar-refractivity contribution is 0.0844. The van der Waals surface area contributed by atoms with Gasteiger partial charge in [0.05, 0.1) is 5.69 Å². The van der Waals surface area contributed by atoms with Crippen LogP contribution >= 0.6 is 11.3 Å². The highest BCUT2D eigenvalue weighted by molar-refractivity contribution is 7.11. The standard InChI is InChI=1S/C11H17NO2S/c1-7(13)11-12-10(8(2)15-11)9-3-5-14-6-4-9/h7,9,13H,3-6H2,1-2H3. The molecule has 4 heteroatoms. The van der Waals surface area contributed by atoms with Gasteiger partial charge < -0.3 is 9.84 Å². The molecule has 1 aliphatic rings. The molecule has 2 rings (SSSR count). The van der Waals surface area contributed by atoms with Crippen molar-refractivity contribution in [2.24, 2.45) is 0 Å². The lowest BCUT2D eigenvalue weighted by Gasteiger charge is -2.20. The first-order valence-electron chi connectivity index (χ1n) is 5.41. The van der Waals surface area contributed by atoms with Crippen LogP contribution in [-0.2, 0) is 4.74 Å². The van der Waals surface area contributed by atoms with Gasteiger partial charge in [-0.15, -0.1) is 11.3 Å². The van der Waals surface area contributed by atoms with Gasteiger partial charge in [-0.05, 0) is 26.7 Å². The van der Waals surface area contributed by atoms with Crippen LogP contribution in [0.15, 0.2) is 0 Å². The van der Waals surface area contributed by atoms with Crippen LogP contribution in [-0.4, -0.2) is 23.3 Å². The summed E-state index contributed by atoms with van der Waals surface area (Å²) in [6.45, 7) is 5.54. The van der Waals surface area contributed by atoms with Crippen molar-refractivity contribution < 1.29 is 9.84 Å². The Morgan fingerprint density at radius 2 is 2.13 bits per heavy atom. The summed E-state index contributed by atoms with van der Waals surface area (Å²) in [5.41, 5.74) is 1.18. The van der Waals surface area contributed by atoms with Crippen molar-refractivity contribution in [3.63, 3.8) is 0 Å². The number of rotatable bonds is 2. The third-order valence-corrected chi connectivity index (χ3v) is 3.97. The Bertz CT molecular complexity index is 329. The number of thiazole rings is 1. The molecule has 1 aromatic rings. The summed E-state index contributed by atoms with van der Waals surface area (Å²) in [4.78, 5) is 5.79. The van der Waals surface area contributed by atoms with Crippen LogP contribution in [0.4, 0.5) is 0 Å². The van der Waals surface area contributed by atoms with Gasteiger partial charge in [-0.2, -0.15) is 0 Å². The molecule has 1 saturated heterocycles. The molecule has 1 unspecified atom stereocenters. The fraction of sp³-hybridized carbons (Fsp3) is 0.727. The molecule has 3 nitrogen and oxygen atoms in total. The van der Waals surface area contributed by atoms with Gasteiger partial charge in [-0.1, -0.05) is 0 Å². The van der Waals surface area contributed by atoms with Crippen molar-refractivity contribution in [1.29, 1.82) is 0 Å². The number of aliphatic hydroxyl groups excluding tert-OH is 1. The third-order valence-electron chi connectivity index (χ3n) is 2.81. The first-order chi connectivity index (χ1) is 7.18. The molecule has 0 radical (unpaired) electrons. The predicted molar refractivity (Wildman–Crippen MR) is 60.3 cm³/mol. The zero-order valence-electron chi connectivity index (χ0n) is 9.19. The first-order valence-corrected chi connectivity index (χ1v) is 6.23. The molecule has 0 aromatic carbocycles. The summed E-state index contributed by atoms with van der Waals surface area (Å²) < 4.78 is 5.34. The lowest BCUT2D eigenvalue weighted by Crippen LogP contribution is -2.15. The number of aromatic nitrogens is 1. The summed E-state index contributed by atoms with van der Waals surface area (Å²) in [6.07, 6.45) is 1.68. The normalized spacial score (nSPS) is 20.5. The van der Waals surface area contributed by atoms with E-state index < -0.39 is 6.10 Å². The van der Waals surface area contributed by atoms with E-state index in [2.05, 4.69) is 11.9 Å². The fourth-order valence-corrected chi connectivity index (χ4v) is 2.90. The molecule has 1 aliphatic heterocycles. The second kappa shape index (κ2) is 4.60. The van der Waals surface area contributed by atoms with Crippen LogP contribution in [0.25, 0.3) is 0 Å². The smallest absolute Gasteiger partial charge is 0.121 e. The number of nitrogens with zero attached hydrogens (tertiary/aromatic N) is 1. The zero-order chi connectivity index (χ0) is 10.8. The van der Waals surface area contributed by atoms with Gasteiger partial charge in [0.15, 0.2) is 0 Å². The van der Waals surface area contributed by atoms with E-state index in [0.717, 1.165) is 31.1 Å². The molecule has 0 aliphatic carbocycles. The summed E-state index contributed by atoms with van der Waals surface area (Å²) in [6, 6.07) is 0. The zero-order valence-corrected chi connectivity index (χ0v) is 10.0. The van der Waals surface area contributed by atoms with Crippen molar-refractivity contribution in [3.05, 3.63) is 15.6 Å². The molecule has 84 valence electrons. The first kappa shape index (κ1) is 11.0. The summed E-state index contributed by atoms with van der Waals surface area (Å²) in [5, 5.41) is 10.3. The minimum atomic E-state index is -0.442. The Balaban J connectivity index is 2.19.